The van der Waals surface area contributed by atoms with Crippen LogP contribution < -0.4 is 5.32 Å². The van der Waals surface area contributed by atoms with Crippen molar-refractivity contribution in [3.63, 3.8) is 0 Å². The molecule has 1 saturated carbocycles. The molecule has 1 aliphatic heterocycles. The van der Waals surface area contributed by atoms with Gasteiger partial charge < -0.3 is 10.4 Å². The maximum atomic E-state index is 11.6. The predicted molar refractivity (Wildman–Crippen MR) is 92.3 cm³/mol. The first-order chi connectivity index (χ1) is 11.3. The molecule has 1 aromatic rings. The minimum atomic E-state index is -3.09. The highest BCUT2D eigenvalue weighted by Crippen LogP contribution is 2.29. The minimum Gasteiger partial charge on any atom is -0.391 e. The smallest absolute Gasteiger partial charge is 0.211 e. The van der Waals surface area contributed by atoms with E-state index in [0.717, 1.165) is 32.2 Å². The molecule has 2 fully saturated rings. The SMILES string of the molecule is CS(=O)(=O)N1CCC(N[C@@H]2CC(Cn3cc(Cl)cn3)C[C@H]2O)CC1. The predicted octanol–water partition coefficient (Wildman–Crippen LogP) is 0.690. The van der Waals surface area contributed by atoms with E-state index in [1.54, 1.807) is 12.4 Å². The lowest BCUT2D eigenvalue weighted by atomic mass is 10.0. The van der Waals surface area contributed by atoms with Gasteiger partial charge in [-0.1, -0.05) is 11.6 Å². The molecule has 9 heteroatoms. The Morgan fingerprint density at radius 2 is 2.08 bits per heavy atom. The zero-order valence-electron chi connectivity index (χ0n) is 13.8. The fraction of sp³-hybridized carbons (Fsp3) is 0.800. The molecule has 3 atom stereocenters. The van der Waals surface area contributed by atoms with Crippen LogP contribution in [0.5, 0.6) is 0 Å². The van der Waals surface area contributed by atoms with Gasteiger partial charge in [-0.25, -0.2) is 12.7 Å². The molecule has 3 rings (SSSR count). The molecule has 24 heavy (non-hydrogen) atoms. The van der Waals surface area contributed by atoms with Crippen LogP contribution in [-0.4, -0.2) is 65.1 Å². The van der Waals surface area contributed by atoms with E-state index >= 15 is 0 Å². The summed E-state index contributed by atoms with van der Waals surface area (Å²) in [6.45, 7) is 1.86. The van der Waals surface area contributed by atoms with Gasteiger partial charge >= 0.3 is 0 Å². The zero-order valence-corrected chi connectivity index (χ0v) is 15.4. The first kappa shape index (κ1) is 18.1. The Bertz CT molecular complexity index is 657. The van der Waals surface area contributed by atoms with E-state index < -0.39 is 10.0 Å². The quantitative estimate of drug-likeness (QED) is 0.789. The summed E-state index contributed by atoms with van der Waals surface area (Å²) >= 11 is 5.88. The highest BCUT2D eigenvalue weighted by molar-refractivity contribution is 7.88. The van der Waals surface area contributed by atoms with E-state index in [4.69, 9.17) is 11.6 Å². The number of hydrogen-bond donors (Lipinski definition) is 2. The summed E-state index contributed by atoms with van der Waals surface area (Å²) < 4.78 is 26.5. The lowest BCUT2D eigenvalue weighted by molar-refractivity contribution is 0.133. The molecule has 1 aromatic heterocycles. The van der Waals surface area contributed by atoms with Crippen LogP contribution in [0.4, 0.5) is 0 Å². The fourth-order valence-corrected chi connectivity index (χ4v) is 4.84. The molecule has 2 aliphatic rings. The van der Waals surface area contributed by atoms with Gasteiger partial charge in [-0.05, 0) is 31.6 Å². The van der Waals surface area contributed by atoms with E-state index in [-0.39, 0.29) is 18.2 Å². The molecular formula is C15H25ClN4O3S. The number of nitrogens with zero attached hydrogens (tertiary/aromatic N) is 3. The van der Waals surface area contributed by atoms with Gasteiger partial charge in [0.1, 0.15) is 0 Å². The minimum absolute atomic E-state index is 0.0656. The summed E-state index contributed by atoms with van der Waals surface area (Å²) in [5, 5.41) is 18.7. The van der Waals surface area contributed by atoms with E-state index in [1.165, 1.54) is 10.6 Å². The normalized spacial score (nSPS) is 30.0. The highest BCUT2D eigenvalue weighted by atomic mass is 35.5. The van der Waals surface area contributed by atoms with Crippen molar-refractivity contribution in [2.45, 2.75) is 50.4 Å². The maximum absolute atomic E-state index is 11.6. The summed E-state index contributed by atoms with van der Waals surface area (Å²) in [6, 6.07) is 0.330. The van der Waals surface area contributed by atoms with Gasteiger partial charge in [0.25, 0.3) is 0 Å². The second-order valence-corrected chi connectivity index (χ2v) is 9.41. The Labute approximate surface area is 148 Å². The molecule has 0 bridgehead atoms. The summed E-state index contributed by atoms with van der Waals surface area (Å²) in [5.41, 5.74) is 0. The largest absolute Gasteiger partial charge is 0.391 e. The van der Waals surface area contributed by atoms with Crippen molar-refractivity contribution in [1.29, 1.82) is 0 Å². The van der Waals surface area contributed by atoms with Gasteiger partial charge in [-0.2, -0.15) is 5.10 Å². The molecule has 0 radical (unpaired) electrons. The monoisotopic (exact) mass is 376 g/mol. The Balaban J connectivity index is 1.48. The van der Waals surface area contributed by atoms with Gasteiger partial charge in [0.15, 0.2) is 0 Å². The third-order valence-electron chi connectivity index (χ3n) is 5.05. The molecule has 1 aliphatic carbocycles. The van der Waals surface area contributed by atoms with Crippen molar-refractivity contribution in [3.8, 4) is 0 Å². The van der Waals surface area contributed by atoms with Crippen molar-refractivity contribution in [2.75, 3.05) is 19.3 Å². The molecule has 2 heterocycles. The molecule has 136 valence electrons. The number of aromatic nitrogens is 2. The number of rotatable bonds is 5. The van der Waals surface area contributed by atoms with E-state index in [0.29, 0.717) is 24.0 Å². The lowest BCUT2D eigenvalue weighted by Crippen LogP contribution is -2.49. The third kappa shape index (κ3) is 4.49. The van der Waals surface area contributed by atoms with Crippen molar-refractivity contribution in [1.82, 2.24) is 19.4 Å². The van der Waals surface area contributed by atoms with Gasteiger partial charge in [0.05, 0.1) is 23.6 Å². The first-order valence-electron chi connectivity index (χ1n) is 8.38. The summed E-state index contributed by atoms with van der Waals surface area (Å²) in [4.78, 5) is 0. The Morgan fingerprint density at radius 1 is 1.38 bits per heavy atom. The zero-order chi connectivity index (χ0) is 17.3. The Kier molecular flexibility index (Phi) is 5.51. The summed E-state index contributed by atoms with van der Waals surface area (Å²) in [7, 11) is -3.09. The Hall–Kier alpha value is -0.670. The number of sulfonamides is 1. The number of halogens is 1. The standard InChI is InChI=1S/C15H25ClN4O3S/c1-24(22,23)20-4-2-13(3-5-20)18-14-6-11(7-15(14)21)9-19-10-12(16)8-17-19/h8,10-11,13-15,18,21H,2-7,9H2,1H3/t11?,14-,15-/m1/s1. The van der Waals surface area contributed by atoms with Crippen molar-refractivity contribution in [2.24, 2.45) is 5.92 Å². The van der Waals surface area contributed by atoms with Crippen LogP contribution in [0.15, 0.2) is 12.4 Å². The molecule has 0 amide bonds. The van der Waals surface area contributed by atoms with Crippen LogP contribution in [0.1, 0.15) is 25.7 Å². The molecule has 0 aromatic carbocycles. The van der Waals surface area contributed by atoms with Crippen molar-refractivity contribution < 1.29 is 13.5 Å². The number of aliphatic hydroxyl groups excluding tert-OH is 1. The van der Waals surface area contributed by atoms with Crippen LogP contribution >= 0.6 is 11.6 Å². The average Bonchev–Trinajstić information content (AvgIpc) is 3.05. The Morgan fingerprint density at radius 3 is 2.67 bits per heavy atom. The molecule has 1 saturated heterocycles. The highest BCUT2D eigenvalue weighted by Gasteiger charge is 2.35. The number of hydrogen-bond acceptors (Lipinski definition) is 5. The fourth-order valence-electron chi connectivity index (χ4n) is 3.81. The molecule has 0 spiro atoms. The van der Waals surface area contributed by atoms with Gasteiger partial charge in [0.2, 0.25) is 10.0 Å². The topological polar surface area (TPSA) is 87.5 Å². The maximum Gasteiger partial charge on any atom is 0.211 e. The second kappa shape index (κ2) is 7.29. The first-order valence-corrected chi connectivity index (χ1v) is 10.6. The van der Waals surface area contributed by atoms with Crippen LogP contribution in [0.3, 0.4) is 0 Å². The number of aliphatic hydroxyl groups is 1. The van der Waals surface area contributed by atoms with E-state index in [9.17, 15) is 13.5 Å². The van der Waals surface area contributed by atoms with Crippen LogP contribution in [0.25, 0.3) is 0 Å². The van der Waals surface area contributed by atoms with Crippen LogP contribution in [0, 0.1) is 5.92 Å². The van der Waals surface area contributed by atoms with Gasteiger partial charge in [-0.15, -0.1) is 0 Å². The van der Waals surface area contributed by atoms with Crippen molar-refractivity contribution in [3.05, 3.63) is 17.4 Å². The molecular weight excluding hydrogens is 352 g/mol. The lowest BCUT2D eigenvalue weighted by Gasteiger charge is -2.33. The number of piperidine rings is 1. The molecule has 1 unspecified atom stereocenters. The summed E-state index contributed by atoms with van der Waals surface area (Å²) in [6.07, 6.45) is 7.53. The molecule has 2 N–H and O–H groups in total. The average molecular weight is 377 g/mol. The van der Waals surface area contributed by atoms with Crippen LogP contribution in [0.2, 0.25) is 5.02 Å². The third-order valence-corrected chi connectivity index (χ3v) is 6.54. The van der Waals surface area contributed by atoms with Gasteiger partial charge in [-0.3, -0.25) is 4.68 Å². The van der Waals surface area contributed by atoms with Crippen molar-refractivity contribution >= 4 is 21.6 Å². The van der Waals surface area contributed by atoms with Gasteiger partial charge in [0, 0.05) is 37.9 Å². The van der Waals surface area contributed by atoms with E-state index in [1.807, 2.05) is 4.68 Å². The van der Waals surface area contributed by atoms with Crippen LogP contribution in [-0.2, 0) is 16.6 Å². The van der Waals surface area contributed by atoms with E-state index in [2.05, 4.69) is 10.4 Å². The molecule has 7 nitrogen and oxygen atoms in total. The summed E-state index contributed by atoms with van der Waals surface area (Å²) in [5.74, 6) is 0.365. The second-order valence-electron chi connectivity index (χ2n) is 6.99. The number of nitrogens with one attached hydrogen (secondary N) is 1.